The summed E-state index contributed by atoms with van der Waals surface area (Å²) >= 11 is 3.14. The maximum atomic E-state index is 12.0. The lowest BCUT2D eigenvalue weighted by Crippen LogP contribution is -2.43. The summed E-state index contributed by atoms with van der Waals surface area (Å²) < 4.78 is 6.04. The third kappa shape index (κ3) is 3.32. The summed E-state index contributed by atoms with van der Waals surface area (Å²) in [6, 6.07) is -0.306. The number of carbonyl (C=O) groups is 2. The molecule has 0 aromatic rings. The van der Waals surface area contributed by atoms with Crippen molar-refractivity contribution in [2.24, 2.45) is 0 Å². The van der Waals surface area contributed by atoms with E-state index in [2.05, 4.69) is 49.8 Å². The highest BCUT2D eigenvalue weighted by Crippen LogP contribution is 2.36. The van der Waals surface area contributed by atoms with Crippen LogP contribution >= 0.6 is 15.9 Å². The fraction of sp³-hybridized carbons (Fsp3) is 0.692. The molecular weight excluding hydrogens is 340 g/mol. The van der Waals surface area contributed by atoms with Crippen LogP contribution in [0.5, 0.6) is 0 Å². The Morgan fingerprint density at radius 1 is 1.30 bits per heavy atom. The summed E-state index contributed by atoms with van der Waals surface area (Å²) in [5.74, 6) is -0.292. The molecule has 1 aliphatic heterocycles. The minimum Gasteiger partial charge on any atom is -0.415 e. The molecular formula is C13H23BrN2O3Si. The Morgan fingerprint density at radius 3 is 2.30 bits per heavy atom. The van der Waals surface area contributed by atoms with Gasteiger partial charge in [-0.1, -0.05) is 36.7 Å². The molecule has 1 rings (SSSR count). The smallest absolute Gasteiger partial charge is 0.331 e. The van der Waals surface area contributed by atoms with E-state index in [1.165, 1.54) is 16.9 Å². The number of halogens is 1. The Labute approximate surface area is 130 Å². The Hall–Kier alpha value is -0.663. The van der Waals surface area contributed by atoms with Gasteiger partial charge in [-0.25, -0.2) is 4.79 Å². The lowest BCUT2D eigenvalue weighted by molar-refractivity contribution is -0.122. The van der Waals surface area contributed by atoms with Crippen LogP contribution in [0, 0.1) is 0 Å². The van der Waals surface area contributed by atoms with Crippen LogP contribution in [0.4, 0.5) is 4.79 Å². The van der Waals surface area contributed by atoms with E-state index in [1.54, 1.807) is 0 Å². The zero-order valence-electron chi connectivity index (χ0n) is 13.0. The van der Waals surface area contributed by atoms with Crippen LogP contribution in [0.1, 0.15) is 20.8 Å². The molecule has 1 aliphatic rings. The van der Waals surface area contributed by atoms with E-state index >= 15 is 0 Å². The van der Waals surface area contributed by atoms with Gasteiger partial charge >= 0.3 is 6.03 Å². The first-order chi connectivity index (χ1) is 9.03. The Morgan fingerprint density at radius 2 is 1.85 bits per heavy atom. The number of nitrogens with zero attached hydrogens (tertiary/aromatic N) is 2. The van der Waals surface area contributed by atoms with Gasteiger partial charge in [0.25, 0.3) is 5.91 Å². The van der Waals surface area contributed by atoms with E-state index in [1.807, 2.05) is 0 Å². The van der Waals surface area contributed by atoms with Crippen molar-refractivity contribution in [3.63, 3.8) is 0 Å². The van der Waals surface area contributed by atoms with Crippen LogP contribution in [0.2, 0.25) is 18.1 Å². The van der Waals surface area contributed by atoms with Gasteiger partial charge in [0.1, 0.15) is 5.70 Å². The van der Waals surface area contributed by atoms with Gasteiger partial charge in [0.15, 0.2) is 8.32 Å². The summed E-state index contributed by atoms with van der Waals surface area (Å²) in [4.78, 5) is 27.8. The third-order valence-electron chi connectivity index (χ3n) is 4.02. The van der Waals surface area contributed by atoms with Crippen molar-refractivity contribution in [3.8, 4) is 0 Å². The lowest BCUT2D eigenvalue weighted by Gasteiger charge is -2.36. The SMILES string of the molecule is CN1C(=O)/C(=C/Br)N(CCO[Si](C)(C)C(C)(C)C)C1=O. The Kier molecular flexibility index (Phi) is 5.21. The molecule has 3 amide bonds. The quantitative estimate of drug-likeness (QED) is 0.438. The van der Waals surface area contributed by atoms with Crippen LogP contribution in [-0.2, 0) is 9.22 Å². The molecule has 0 spiro atoms. The second-order valence-corrected chi connectivity index (χ2v) is 11.7. The molecule has 0 radical (unpaired) electrons. The highest BCUT2D eigenvalue weighted by Gasteiger charge is 2.40. The average molecular weight is 363 g/mol. The molecule has 1 fully saturated rings. The molecule has 0 unspecified atom stereocenters. The number of imide groups is 1. The van der Waals surface area contributed by atoms with Gasteiger partial charge in [-0.05, 0) is 18.1 Å². The van der Waals surface area contributed by atoms with E-state index in [9.17, 15) is 9.59 Å². The highest BCUT2D eigenvalue weighted by atomic mass is 79.9. The van der Waals surface area contributed by atoms with Crippen LogP contribution in [0.25, 0.3) is 0 Å². The maximum absolute atomic E-state index is 12.0. The molecule has 114 valence electrons. The van der Waals surface area contributed by atoms with Crippen molar-refractivity contribution >= 4 is 36.2 Å². The third-order valence-corrected chi connectivity index (χ3v) is 8.99. The number of likely N-dealkylation sites (N-methyl/N-ethyl adjacent to an activating group) is 1. The molecule has 5 nitrogen and oxygen atoms in total. The Bertz CT molecular complexity index is 443. The van der Waals surface area contributed by atoms with Crippen molar-refractivity contribution < 1.29 is 14.0 Å². The molecule has 0 saturated carbocycles. The normalized spacial score (nSPS) is 19.4. The first-order valence-electron chi connectivity index (χ1n) is 6.57. The van der Waals surface area contributed by atoms with Crippen molar-refractivity contribution in [2.45, 2.75) is 38.9 Å². The second kappa shape index (κ2) is 5.99. The molecule has 0 aliphatic carbocycles. The largest absolute Gasteiger partial charge is 0.415 e. The van der Waals surface area contributed by atoms with E-state index < -0.39 is 8.32 Å². The highest BCUT2D eigenvalue weighted by molar-refractivity contribution is 9.11. The van der Waals surface area contributed by atoms with Gasteiger partial charge in [-0.2, -0.15) is 0 Å². The number of urea groups is 1. The van der Waals surface area contributed by atoms with Gasteiger partial charge in [0.2, 0.25) is 0 Å². The fourth-order valence-electron chi connectivity index (χ4n) is 1.59. The zero-order chi connectivity index (χ0) is 15.7. The molecule has 7 heteroatoms. The predicted octanol–water partition coefficient (Wildman–Crippen LogP) is 3.14. The summed E-state index contributed by atoms with van der Waals surface area (Å²) in [5, 5.41) is 0.128. The van der Waals surface area contributed by atoms with E-state index in [0.717, 1.165) is 4.90 Å². The van der Waals surface area contributed by atoms with Crippen LogP contribution in [-0.4, -0.2) is 50.3 Å². The summed E-state index contributed by atoms with van der Waals surface area (Å²) in [7, 11) is -0.351. The molecule has 0 aromatic carbocycles. The number of hydrogen-bond acceptors (Lipinski definition) is 3. The number of amides is 3. The predicted molar refractivity (Wildman–Crippen MR) is 85.0 cm³/mol. The monoisotopic (exact) mass is 362 g/mol. The van der Waals surface area contributed by atoms with Gasteiger partial charge < -0.3 is 4.43 Å². The molecule has 1 heterocycles. The van der Waals surface area contributed by atoms with Crippen molar-refractivity contribution in [1.29, 1.82) is 0 Å². The topological polar surface area (TPSA) is 49.9 Å². The standard InChI is InChI=1S/C13H23BrN2O3Si/c1-13(2,3)20(5,6)19-8-7-16-10(9-14)11(17)15(4)12(16)18/h9H,7-8H2,1-6H3/b10-9-. The summed E-state index contributed by atoms with van der Waals surface area (Å²) in [6.07, 6.45) is 0. The molecule has 1 saturated heterocycles. The van der Waals surface area contributed by atoms with Gasteiger partial charge in [-0.15, -0.1) is 0 Å². The fourth-order valence-corrected chi connectivity index (χ4v) is 3.07. The van der Waals surface area contributed by atoms with E-state index in [0.29, 0.717) is 18.8 Å². The van der Waals surface area contributed by atoms with E-state index in [4.69, 9.17) is 4.43 Å². The van der Waals surface area contributed by atoms with Crippen molar-refractivity contribution in [3.05, 3.63) is 10.7 Å². The van der Waals surface area contributed by atoms with Crippen LogP contribution in [0.15, 0.2) is 10.7 Å². The van der Waals surface area contributed by atoms with Gasteiger partial charge in [0.05, 0.1) is 13.2 Å². The van der Waals surface area contributed by atoms with Crippen molar-refractivity contribution in [2.75, 3.05) is 20.2 Å². The molecule has 0 bridgehead atoms. The molecule has 0 N–H and O–H groups in total. The minimum atomic E-state index is -1.83. The first-order valence-corrected chi connectivity index (χ1v) is 10.4. The number of carbonyl (C=O) groups excluding carboxylic acids is 2. The lowest BCUT2D eigenvalue weighted by atomic mass is 10.2. The minimum absolute atomic E-state index is 0.128. The molecule has 0 atom stereocenters. The van der Waals surface area contributed by atoms with Crippen LogP contribution < -0.4 is 0 Å². The maximum Gasteiger partial charge on any atom is 0.331 e. The van der Waals surface area contributed by atoms with Crippen molar-refractivity contribution in [1.82, 2.24) is 9.80 Å². The number of hydrogen-bond donors (Lipinski definition) is 0. The molecule has 0 aromatic heterocycles. The summed E-state index contributed by atoms with van der Waals surface area (Å²) in [6.45, 7) is 11.7. The second-order valence-electron chi connectivity index (χ2n) is 6.40. The van der Waals surface area contributed by atoms with Crippen LogP contribution in [0.3, 0.4) is 0 Å². The zero-order valence-corrected chi connectivity index (χ0v) is 15.6. The van der Waals surface area contributed by atoms with Gasteiger partial charge in [-0.3, -0.25) is 14.6 Å². The van der Waals surface area contributed by atoms with Gasteiger partial charge in [0, 0.05) is 12.0 Å². The number of rotatable bonds is 4. The average Bonchev–Trinajstić information content (AvgIpc) is 2.52. The first kappa shape index (κ1) is 17.4. The molecule has 20 heavy (non-hydrogen) atoms. The van der Waals surface area contributed by atoms with E-state index in [-0.39, 0.29) is 17.0 Å². The summed E-state index contributed by atoms with van der Waals surface area (Å²) in [5.41, 5.74) is 0.358. The Balaban J connectivity index is 2.67.